The Morgan fingerprint density at radius 2 is 1.55 bits per heavy atom. The molecule has 0 aliphatic rings. The molecule has 0 aromatic rings. The number of rotatable bonds is 2. The van der Waals surface area contributed by atoms with Crippen molar-refractivity contribution in [3.05, 3.63) is 0 Å². The van der Waals surface area contributed by atoms with E-state index in [2.05, 4.69) is 0 Å². The van der Waals surface area contributed by atoms with Crippen LogP contribution in [-0.2, 0) is 0 Å². The number of nitrogens with one attached hydrogen (secondary N) is 1. The van der Waals surface area contributed by atoms with Crippen LogP contribution < -0.4 is 11.5 Å². The smallest absolute Gasteiger partial charge is 0.151 e. The van der Waals surface area contributed by atoms with Crippen LogP contribution in [0, 0.1) is 5.41 Å². The van der Waals surface area contributed by atoms with E-state index < -0.39 is 0 Å². The van der Waals surface area contributed by atoms with Crippen molar-refractivity contribution in [3.63, 3.8) is 0 Å². The molecule has 0 fully saturated rings. The Bertz CT molecular complexity index is 73.6. The van der Waals surface area contributed by atoms with Gasteiger partial charge < -0.3 is 11.5 Å². The van der Waals surface area contributed by atoms with Crippen LogP contribution in [0.1, 0.15) is 0 Å². The molecular weight excluding hydrogens is 430 g/mol. The second kappa shape index (κ2) is 22.6. The zero-order valence-corrected chi connectivity index (χ0v) is 13.3. The second-order valence-corrected chi connectivity index (χ2v) is 2.14. The summed E-state index contributed by atoms with van der Waals surface area (Å²) in [6, 6.07) is 0. The Labute approximate surface area is 113 Å². The summed E-state index contributed by atoms with van der Waals surface area (Å²) in [6.45, 7) is 0.588. The molecule has 0 aromatic heterocycles. The quantitative estimate of drug-likeness (QED) is 0.451. The number of thioether (sulfide) groups is 1. The molecule has 0 bridgehead atoms. The van der Waals surface area contributed by atoms with E-state index >= 15 is 0 Å². The molecule has 0 aliphatic heterocycles. The van der Waals surface area contributed by atoms with Crippen molar-refractivity contribution in [2.75, 3.05) is 12.3 Å². The van der Waals surface area contributed by atoms with Crippen LogP contribution in [0.2, 0.25) is 0 Å². The topological polar surface area (TPSA) is 75.9 Å². The van der Waals surface area contributed by atoms with Crippen LogP contribution >= 0.6 is 79.7 Å². The highest BCUT2D eigenvalue weighted by Gasteiger charge is 1.84. The lowest BCUT2D eigenvalue weighted by Gasteiger charge is -1.90. The Balaban J connectivity index is -0.0000000300. The minimum Gasteiger partial charge on any atom is -0.379 e. The van der Waals surface area contributed by atoms with E-state index in [0.29, 0.717) is 6.54 Å². The highest BCUT2D eigenvalue weighted by Crippen LogP contribution is 1.92. The predicted octanol–water partition coefficient (Wildman–Crippen LogP) is 1.88. The van der Waals surface area contributed by atoms with Gasteiger partial charge in [-0.05, 0) is 0 Å². The van der Waals surface area contributed by atoms with Gasteiger partial charge in [0.1, 0.15) is 0 Å². The monoisotopic (exact) mass is 439 g/mol. The van der Waals surface area contributed by atoms with Crippen LogP contribution in [0.15, 0.2) is 0 Å². The fraction of sp³-hybridized carbons (Fsp3) is 0.667. The normalized spacial score (nSPS) is 5.55. The molecule has 0 saturated carbocycles. The van der Waals surface area contributed by atoms with Crippen LogP contribution in [0.4, 0.5) is 0 Å². The molecule has 0 radical (unpaired) electrons. The Hall–Kier alpha value is 1.70. The molecule has 3 nitrogen and oxygen atoms in total. The van der Waals surface area contributed by atoms with E-state index in [1.54, 1.807) is 0 Å². The van der Waals surface area contributed by atoms with Crippen molar-refractivity contribution in [3.8, 4) is 0 Å². The highest BCUT2D eigenvalue weighted by molar-refractivity contribution is 8.93. The van der Waals surface area contributed by atoms with Gasteiger partial charge in [0.15, 0.2) is 5.17 Å². The molecule has 0 amide bonds. The average Bonchev–Trinajstić information content (AvgIpc) is 1.61. The molecule has 0 aliphatic carbocycles. The summed E-state index contributed by atoms with van der Waals surface area (Å²) in [5, 5.41) is 6.83. The summed E-state index contributed by atoms with van der Waals surface area (Å²) < 4.78 is 0. The lowest BCUT2D eigenvalue weighted by molar-refractivity contribution is 1.15. The van der Waals surface area contributed by atoms with Gasteiger partial charge in [0, 0.05) is 12.3 Å². The van der Waals surface area contributed by atoms with Gasteiger partial charge in [-0.3, -0.25) is 5.41 Å². The van der Waals surface area contributed by atoms with Gasteiger partial charge in [-0.1, -0.05) is 11.8 Å². The standard InChI is InChI=1S/C3H9N3S.4BrH/c4-1-2-7-3(5)6;;;;/h1-2,4H2,(H3,5,6);4*1H. The highest BCUT2D eigenvalue weighted by atomic mass is 79.9. The van der Waals surface area contributed by atoms with Gasteiger partial charge in [-0.15, -0.1) is 67.9 Å². The first-order valence-electron chi connectivity index (χ1n) is 1.94. The molecule has 0 heterocycles. The van der Waals surface area contributed by atoms with Crippen molar-refractivity contribution in [1.29, 1.82) is 5.41 Å². The van der Waals surface area contributed by atoms with Gasteiger partial charge in [0.05, 0.1) is 0 Å². The Morgan fingerprint density at radius 3 is 1.64 bits per heavy atom. The lowest BCUT2D eigenvalue weighted by Crippen LogP contribution is -2.09. The molecule has 0 spiro atoms. The summed E-state index contributed by atoms with van der Waals surface area (Å²) in [4.78, 5) is 0. The van der Waals surface area contributed by atoms with E-state index in [1.807, 2.05) is 0 Å². The zero-order valence-electron chi connectivity index (χ0n) is 5.61. The van der Waals surface area contributed by atoms with Crippen LogP contribution in [0.5, 0.6) is 0 Å². The maximum atomic E-state index is 6.68. The van der Waals surface area contributed by atoms with E-state index in [4.69, 9.17) is 16.9 Å². The fourth-order valence-corrected chi connectivity index (χ4v) is 0.507. The first-order chi connectivity index (χ1) is 3.27. The van der Waals surface area contributed by atoms with Crippen molar-refractivity contribution in [1.82, 2.24) is 0 Å². The van der Waals surface area contributed by atoms with Crippen molar-refractivity contribution in [2.24, 2.45) is 11.5 Å². The summed E-state index contributed by atoms with van der Waals surface area (Å²) >= 11 is 1.27. The van der Waals surface area contributed by atoms with Crippen molar-refractivity contribution >= 4 is 84.9 Å². The first kappa shape index (κ1) is 29.3. The predicted molar refractivity (Wildman–Crippen MR) is 74.7 cm³/mol. The third-order valence-corrected chi connectivity index (χ3v) is 1.13. The molecular formula is C3H13Br4N3S. The maximum absolute atomic E-state index is 6.68. The van der Waals surface area contributed by atoms with Gasteiger partial charge >= 0.3 is 0 Å². The summed E-state index contributed by atoms with van der Waals surface area (Å²) in [5.41, 5.74) is 10.1. The molecule has 0 aromatic carbocycles. The van der Waals surface area contributed by atoms with Gasteiger partial charge in [0.25, 0.3) is 0 Å². The molecule has 0 rings (SSSR count). The van der Waals surface area contributed by atoms with E-state index in [0.717, 1.165) is 5.75 Å². The SMILES string of the molecule is Br.Br.Br.Br.N=C(N)SCCN. The number of hydrogen-bond acceptors (Lipinski definition) is 3. The third-order valence-electron chi connectivity index (χ3n) is 0.375. The van der Waals surface area contributed by atoms with Crippen LogP contribution in [0.3, 0.4) is 0 Å². The molecule has 0 atom stereocenters. The minimum absolute atomic E-state index is 0. The minimum atomic E-state index is 0. The number of hydrogen-bond donors (Lipinski definition) is 3. The number of nitrogens with two attached hydrogens (primary N) is 2. The van der Waals surface area contributed by atoms with Gasteiger partial charge in [0.2, 0.25) is 0 Å². The van der Waals surface area contributed by atoms with Crippen LogP contribution in [0.25, 0.3) is 0 Å². The fourth-order valence-electron chi connectivity index (χ4n) is 0.169. The van der Waals surface area contributed by atoms with Crippen molar-refractivity contribution in [2.45, 2.75) is 0 Å². The van der Waals surface area contributed by atoms with E-state index in [9.17, 15) is 0 Å². The summed E-state index contributed by atoms with van der Waals surface area (Å²) in [7, 11) is 0. The van der Waals surface area contributed by atoms with Gasteiger partial charge in [-0.25, -0.2) is 0 Å². The lowest BCUT2D eigenvalue weighted by atomic mass is 10.8. The first-order valence-corrected chi connectivity index (χ1v) is 2.93. The maximum Gasteiger partial charge on any atom is 0.151 e. The molecule has 0 unspecified atom stereocenters. The number of halogens is 4. The molecule has 74 valence electrons. The largest absolute Gasteiger partial charge is 0.379 e. The molecule has 11 heavy (non-hydrogen) atoms. The van der Waals surface area contributed by atoms with Crippen LogP contribution in [-0.4, -0.2) is 17.5 Å². The average molecular weight is 443 g/mol. The summed E-state index contributed by atoms with van der Waals surface area (Å²) in [5.74, 6) is 0.745. The molecule has 0 saturated heterocycles. The third kappa shape index (κ3) is 33.9. The van der Waals surface area contributed by atoms with E-state index in [1.165, 1.54) is 11.8 Å². The summed E-state index contributed by atoms with van der Waals surface area (Å²) in [6.07, 6.45) is 0. The molecule has 5 N–H and O–H groups in total. The van der Waals surface area contributed by atoms with Gasteiger partial charge in [-0.2, -0.15) is 0 Å². The molecule has 8 heteroatoms. The second-order valence-electron chi connectivity index (χ2n) is 1.00. The Morgan fingerprint density at radius 1 is 1.18 bits per heavy atom. The Kier molecular flexibility index (Phi) is 60.2. The van der Waals surface area contributed by atoms with E-state index in [-0.39, 0.29) is 73.1 Å². The number of amidine groups is 1. The zero-order chi connectivity index (χ0) is 5.70. The van der Waals surface area contributed by atoms with Crippen molar-refractivity contribution < 1.29 is 0 Å².